The van der Waals surface area contributed by atoms with Crippen molar-refractivity contribution in [1.82, 2.24) is 4.90 Å². The number of nitrogens with zero attached hydrogens (tertiary/aromatic N) is 1. The van der Waals surface area contributed by atoms with Crippen molar-refractivity contribution in [3.8, 4) is 0 Å². The quantitative estimate of drug-likeness (QED) is 0.909. The fourth-order valence-electron chi connectivity index (χ4n) is 2.58. The highest BCUT2D eigenvalue weighted by molar-refractivity contribution is 6.31. The van der Waals surface area contributed by atoms with Crippen molar-refractivity contribution in [3.05, 3.63) is 34.6 Å². The molecule has 0 unspecified atom stereocenters. The molecule has 1 N–H and O–H groups in total. The smallest absolute Gasteiger partial charge is 0.307 e. The molecule has 2 atom stereocenters. The first-order valence-electron chi connectivity index (χ1n) is 6.95. The first-order chi connectivity index (χ1) is 9.99. The van der Waals surface area contributed by atoms with Gasteiger partial charge in [-0.05, 0) is 31.4 Å². The molecule has 3 rings (SSSR count). The van der Waals surface area contributed by atoms with Crippen molar-refractivity contribution in [2.75, 3.05) is 0 Å². The molecule has 0 aliphatic heterocycles. The van der Waals surface area contributed by atoms with Gasteiger partial charge in [-0.25, -0.2) is 4.39 Å². The Morgan fingerprint density at radius 3 is 2.57 bits per heavy atom. The van der Waals surface area contributed by atoms with Gasteiger partial charge in [-0.1, -0.05) is 17.7 Å². The molecule has 21 heavy (non-hydrogen) atoms. The first kappa shape index (κ1) is 14.3. The molecule has 1 aromatic carbocycles. The van der Waals surface area contributed by atoms with Gasteiger partial charge in [0.15, 0.2) is 0 Å². The largest absolute Gasteiger partial charge is 0.481 e. The second-order valence-corrected chi connectivity index (χ2v) is 6.09. The monoisotopic (exact) mass is 311 g/mol. The van der Waals surface area contributed by atoms with Crippen LogP contribution in [0.2, 0.25) is 5.02 Å². The van der Waals surface area contributed by atoms with E-state index in [1.807, 2.05) is 0 Å². The minimum absolute atomic E-state index is 0.0863. The normalized spacial score (nSPS) is 23.7. The van der Waals surface area contributed by atoms with Crippen molar-refractivity contribution in [3.63, 3.8) is 0 Å². The number of benzene rings is 1. The molecule has 2 aliphatic carbocycles. The molecule has 2 aliphatic rings. The van der Waals surface area contributed by atoms with Crippen LogP contribution in [0.15, 0.2) is 18.2 Å². The molecule has 2 fully saturated rings. The van der Waals surface area contributed by atoms with E-state index in [0.29, 0.717) is 17.0 Å². The number of hydrogen-bond acceptors (Lipinski definition) is 2. The number of carboxylic acids is 1. The van der Waals surface area contributed by atoms with Crippen LogP contribution in [0.1, 0.15) is 24.8 Å². The molecule has 2 saturated carbocycles. The number of halogens is 2. The molecule has 0 spiro atoms. The summed E-state index contributed by atoms with van der Waals surface area (Å²) < 4.78 is 13.9. The maximum absolute atomic E-state index is 13.9. The van der Waals surface area contributed by atoms with Gasteiger partial charge < -0.3 is 10.0 Å². The predicted octanol–water partition coefficient (Wildman–Crippen LogP) is 2.69. The Hall–Kier alpha value is -1.62. The standard InChI is InChI=1S/C15H15ClFNO3/c16-12-2-1-3-13(17)11(12)7-18(8-4-5-8)14(19)9-6-10(9)15(20)21/h1-3,8-10H,4-7H2,(H,20,21)/t9-,10+/m1/s1. The van der Waals surface area contributed by atoms with E-state index >= 15 is 0 Å². The number of carboxylic acid groups (broad SMARTS) is 1. The van der Waals surface area contributed by atoms with Gasteiger partial charge in [0, 0.05) is 16.6 Å². The molecular formula is C15H15ClFNO3. The van der Waals surface area contributed by atoms with E-state index in [1.54, 1.807) is 11.0 Å². The lowest BCUT2D eigenvalue weighted by Gasteiger charge is -2.23. The van der Waals surface area contributed by atoms with Crippen LogP contribution >= 0.6 is 11.6 Å². The average molecular weight is 312 g/mol. The van der Waals surface area contributed by atoms with Gasteiger partial charge in [-0.2, -0.15) is 0 Å². The van der Waals surface area contributed by atoms with Crippen LogP contribution in [0, 0.1) is 17.7 Å². The second-order valence-electron chi connectivity index (χ2n) is 5.68. The highest BCUT2D eigenvalue weighted by Crippen LogP contribution is 2.43. The van der Waals surface area contributed by atoms with Crippen molar-refractivity contribution in [2.24, 2.45) is 11.8 Å². The summed E-state index contributed by atoms with van der Waals surface area (Å²) >= 11 is 6.01. The topological polar surface area (TPSA) is 57.6 Å². The van der Waals surface area contributed by atoms with E-state index in [1.165, 1.54) is 12.1 Å². The minimum atomic E-state index is -0.937. The Labute approximate surface area is 126 Å². The van der Waals surface area contributed by atoms with Crippen LogP contribution in [0.3, 0.4) is 0 Å². The predicted molar refractivity (Wildman–Crippen MR) is 74.2 cm³/mol. The van der Waals surface area contributed by atoms with Gasteiger partial charge in [-0.3, -0.25) is 9.59 Å². The average Bonchev–Trinajstić information content (AvgIpc) is 3.29. The lowest BCUT2D eigenvalue weighted by atomic mass is 10.1. The van der Waals surface area contributed by atoms with Crippen LogP contribution in [-0.2, 0) is 16.1 Å². The van der Waals surface area contributed by atoms with Crippen molar-refractivity contribution >= 4 is 23.5 Å². The zero-order valence-electron chi connectivity index (χ0n) is 11.3. The van der Waals surface area contributed by atoms with Gasteiger partial charge in [0.05, 0.1) is 18.4 Å². The Kier molecular flexibility index (Phi) is 3.61. The van der Waals surface area contributed by atoms with Gasteiger partial charge in [0.25, 0.3) is 0 Å². The van der Waals surface area contributed by atoms with Crippen LogP contribution in [-0.4, -0.2) is 27.9 Å². The van der Waals surface area contributed by atoms with Crippen LogP contribution in [0.4, 0.5) is 4.39 Å². The summed E-state index contributed by atoms with van der Waals surface area (Å²) in [6, 6.07) is 4.51. The molecule has 0 heterocycles. The van der Waals surface area contributed by atoms with E-state index in [2.05, 4.69) is 0 Å². The van der Waals surface area contributed by atoms with Gasteiger partial charge >= 0.3 is 5.97 Å². The lowest BCUT2D eigenvalue weighted by molar-refractivity contribution is -0.142. The number of carbonyl (C=O) groups excluding carboxylic acids is 1. The summed E-state index contributed by atoms with van der Waals surface area (Å²) in [7, 11) is 0. The van der Waals surface area contributed by atoms with Crippen molar-refractivity contribution in [1.29, 1.82) is 0 Å². The Bertz CT molecular complexity index is 582. The van der Waals surface area contributed by atoms with Crippen LogP contribution < -0.4 is 0 Å². The molecule has 0 saturated heterocycles. The van der Waals surface area contributed by atoms with E-state index in [0.717, 1.165) is 12.8 Å². The van der Waals surface area contributed by atoms with Crippen molar-refractivity contribution < 1.29 is 19.1 Å². The Morgan fingerprint density at radius 1 is 1.33 bits per heavy atom. The summed E-state index contributed by atoms with van der Waals surface area (Å²) in [6.45, 7) is 0.109. The highest BCUT2D eigenvalue weighted by atomic mass is 35.5. The maximum atomic E-state index is 13.9. The SMILES string of the molecule is O=C(O)[C@H]1C[C@H]1C(=O)N(Cc1c(F)cccc1Cl)C1CC1. The van der Waals surface area contributed by atoms with E-state index < -0.39 is 23.6 Å². The van der Waals surface area contributed by atoms with Crippen molar-refractivity contribution in [2.45, 2.75) is 31.8 Å². The third kappa shape index (κ3) is 2.88. The number of rotatable bonds is 5. The van der Waals surface area contributed by atoms with E-state index in [-0.39, 0.29) is 18.5 Å². The molecule has 1 amide bonds. The molecular weight excluding hydrogens is 297 g/mol. The first-order valence-corrected chi connectivity index (χ1v) is 7.33. The molecule has 112 valence electrons. The number of hydrogen-bond donors (Lipinski definition) is 1. The number of aliphatic carboxylic acids is 1. The third-order valence-electron chi connectivity index (χ3n) is 4.09. The highest BCUT2D eigenvalue weighted by Gasteiger charge is 2.51. The molecule has 6 heteroatoms. The lowest BCUT2D eigenvalue weighted by Crippen LogP contribution is -2.35. The Morgan fingerprint density at radius 2 is 2.05 bits per heavy atom. The summed E-state index contributed by atoms with van der Waals surface area (Å²) in [5, 5.41) is 9.23. The number of carbonyl (C=O) groups is 2. The van der Waals surface area contributed by atoms with Crippen LogP contribution in [0.25, 0.3) is 0 Å². The summed E-state index contributed by atoms with van der Waals surface area (Å²) in [6.07, 6.45) is 2.13. The fraction of sp³-hybridized carbons (Fsp3) is 0.467. The molecule has 1 aromatic rings. The maximum Gasteiger partial charge on any atom is 0.307 e. The molecule has 4 nitrogen and oxygen atoms in total. The van der Waals surface area contributed by atoms with E-state index in [9.17, 15) is 14.0 Å². The summed E-state index contributed by atoms with van der Waals surface area (Å²) in [4.78, 5) is 24.9. The Balaban J connectivity index is 1.77. The van der Waals surface area contributed by atoms with E-state index in [4.69, 9.17) is 16.7 Å². The summed E-state index contributed by atoms with van der Waals surface area (Å²) in [5.41, 5.74) is 0.298. The molecule has 0 aromatic heterocycles. The summed E-state index contributed by atoms with van der Waals surface area (Å²) in [5.74, 6) is -2.62. The van der Waals surface area contributed by atoms with Crippen LogP contribution in [0.5, 0.6) is 0 Å². The zero-order chi connectivity index (χ0) is 15.1. The third-order valence-corrected chi connectivity index (χ3v) is 4.44. The number of amides is 1. The molecule has 0 bridgehead atoms. The minimum Gasteiger partial charge on any atom is -0.481 e. The second kappa shape index (κ2) is 5.30. The van der Waals surface area contributed by atoms with Gasteiger partial charge in [-0.15, -0.1) is 0 Å². The fourth-order valence-corrected chi connectivity index (χ4v) is 2.80. The van der Waals surface area contributed by atoms with Gasteiger partial charge in [0.1, 0.15) is 5.82 Å². The van der Waals surface area contributed by atoms with Gasteiger partial charge in [0.2, 0.25) is 5.91 Å². The molecule has 0 radical (unpaired) electrons. The zero-order valence-corrected chi connectivity index (χ0v) is 12.0.